The SMILES string of the molecule is N#C[C@@H](NC(=O)Cc1cccc(O)c1)c1ccc(F)cc1F. The lowest BCUT2D eigenvalue weighted by Gasteiger charge is -2.13. The Bertz CT molecular complexity index is 741. The van der Waals surface area contributed by atoms with Crippen LogP contribution in [0.4, 0.5) is 8.78 Å². The van der Waals surface area contributed by atoms with Gasteiger partial charge < -0.3 is 10.4 Å². The third kappa shape index (κ3) is 3.79. The van der Waals surface area contributed by atoms with E-state index in [9.17, 15) is 18.7 Å². The first-order valence-electron chi connectivity index (χ1n) is 6.41. The van der Waals surface area contributed by atoms with Gasteiger partial charge in [0, 0.05) is 11.6 Å². The molecule has 0 aromatic heterocycles. The molecule has 0 spiro atoms. The summed E-state index contributed by atoms with van der Waals surface area (Å²) in [4.78, 5) is 11.9. The highest BCUT2D eigenvalue weighted by atomic mass is 19.1. The molecule has 1 amide bonds. The number of hydrogen-bond acceptors (Lipinski definition) is 3. The minimum absolute atomic E-state index is 0.0201. The Balaban J connectivity index is 2.10. The lowest BCUT2D eigenvalue weighted by Crippen LogP contribution is -2.29. The van der Waals surface area contributed by atoms with Crippen molar-refractivity contribution in [2.45, 2.75) is 12.5 Å². The van der Waals surface area contributed by atoms with Gasteiger partial charge in [-0.05, 0) is 23.8 Å². The number of nitrogens with zero attached hydrogens (tertiary/aromatic N) is 1. The molecule has 2 aromatic rings. The van der Waals surface area contributed by atoms with Crippen LogP contribution in [0, 0.1) is 23.0 Å². The number of hydrogen-bond donors (Lipinski definition) is 2. The van der Waals surface area contributed by atoms with Gasteiger partial charge >= 0.3 is 0 Å². The molecule has 112 valence electrons. The van der Waals surface area contributed by atoms with Gasteiger partial charge in [0.1, 0.15) is 23.4 Å². The fourth-order valence-electron chi connectivity index (χ4n) is 1.98. The first-order valence-corrected chi connectivity index (χ1v) is 6.41. The van der Waals surface area contributed by atoms with Crippen molar-refractivity contribution in [2.75, 3.05) is 0 Å². The fraction of sp³-hybridized carbons (Fsp3) is 0.125. The van der Waals surface area contributed by atoms with Crippen molar-refractivity contribution < 1.29 is 18.7 Å². The van der Waals surface area contributed by atoms with Crippen LogP contribution in [0.25, 0.3) is 0 Å². The number of amides is 1. The number of carbonyl (C=O) groups excluding carboxylic acids is 1. The lowest BCUT2D eigenvalue weighted by atomic mass is 10.1. The molecule has 6 heteroatoms. The highest BCUT2D eigenvalue weighted by Gasteiger charge is 2.18. The molecule has 4 nitrogen and oxygen atoms in total. The summed E-state index contributed by atoms with van der Waals surface area (Å²) in [5.74, 6) is -2.15. The molecule has 22 heavy (non-hydrogen) atoms. The fourth-order valence-corrected chi connectivity index (χ4v) is 1.98. The van der Waals surface area contributed by atoms with Gasteiger partial charge in [0.25, 0.3) is 0 Å². The molecule has 2 rings (SSSR count). The smallest absolute Gasteiger partial charge is 0.225 e. The molecule has 0 radical (unpaired) electrons. The van der Waals surface area contributed by atoms with Gasteiger partial charge in [-0.3, -0.25) is 4.79 Å². The highest BCUT2D eigenvalue weighted by Crippen LogP contribution is 2.18. The Morgan fingerprint density at radius 2 is 2.05 bits per heavy atom. The summed E-state index contributed by atoms with van der Waals surface area (Å²) in [6, 6.07) is 9.44. The number of nitrogens with one attached hydrogen (secondary N) is 1. The number of aromatic hydroxyl groups is 1. The molecule has 2 N–H and O–H groups in total. The third-order valence-electron chi connectivity index (χ3n) is 2.98. The molecule has 0 fully saturated rings. The molecule has 0 heterocycles. The monoisotopic (exact) mass is 302 g/mol. The maximum Gasteiger partial charge on any atom is 0.225 e. The van der Waals surface area contributed by atoms with Crippen LogP contribution in [0.3, 0.4) is 0 Å². The minimum Gasteiger partial charge on any atom is -0.508 e. The van der Waals surface area contributed by atoms with E-state index in [-0.39, 0.29) is 17.7 Å². The van der Waals surface area contributed by atoms with Crippen molar-refractivity contribution in [2.24, 2.45) is 0 Å². The van der Waals surface area contributed by atoms with E-state index in [1.807, 2.05) is 0 Å². The second kappa shape index (κ2) is 6.68. The third-order valence-corrected chi connectivity index (χ3v) is 2.98. The van der Waals surface area contributed by atoms with E-state index < -0.39 is 23.6 Å². The van der Waals surface area contributed by atoms with Crippen molar-refractivity contribution in [3.63, 3.8) is 0 Å². The van der Waals surface area contributed by atoms with E-state index in [1.165, 1.54) is 12.1 Å². The maximum atomic E-state index is 13.6. The van der Waals surface area contributed by atoms with Gasteiger partial charge in [-0.25, -0.2) is 8.78 Å². The molecular weight excluding hydrogens is 290 g/mol. The van der Waals surface area contributed by atoms with Crippen molar-refractivity contribution in [3.8, 4) is 11.8 Å². The van der Waals surface area contributed by atoms with E-state index in [4.69, 9.17) is 5.26 Å². The first kappa shape index (κ1) is 15.4. The lowest BCUT2D eigenvalue weighted by molar-refractivity contribution is -0.120. The second-order valence-electron chi connectivity index (χ2n) is 4.64. The number of benzene rings is 2. The maximum absolute atomic E-state index is 13.6. The summed E-state index contributed by atoms with van der Waals surface area (Å²) in [6.45, 7) is 0. The standard InChI is InChI=1S/C16H12F2N2O2/c17-11-4-5-13(14(18)8-11)15(9-19)20-16(22)7-10-2-1-3-12(21)6-10/h1-6,8,15,21H,7H2,(H,20,22)/t15-/m1/s1. The number of phenols is 1. The molecule has 0 aliphatic carbocycles. The van der Waals surface area contributed by atoms with Gasteiger partial charge in [0.15, 0.2) is 0 Å². The zero-order valence-electron chi connectivity index (χ0n) is 11.4. The van der Waals surface area contributed by atoms with Gasteiger partial charge in [-0.2, -0.15) is 5.26 Å². The number of phenolic OH excluding ortho intramolecular Hbond substituents is 1. The van der Waals surface area contributed by atoms with E-state index in [0.29, 0.717) is 11.6 Å². The zero-order chi connectivity index (χ0) is 16.1. The Kier molecular flexibility index (Phi) is 4.69. The average molecular weight is 302 g/mol. The first-order chi connectivity index (χ1) is 10.5. The summed E-state index contributed by atoms with van der Waals surface area (Å²) in [5, 5.41) is 20.8. The molecule has 0 saturated carbocycles. The predicted molar refractivity (Wildman–Crippen MR) is 74.7 cm³/mol. The van der Waals surface area contributed by atoms with Crippen LogP contribution in [0.15, 0.2) is 42.5 Å². The van der Waals surface area contributed by atoms with Gasteiger partial charge in [0.2, 0.25) is 5.91 Å². The van der Waals surface area contributed by atoms with Crippen molar-refractivity contribution in [1.29, 1.82) is 5.26 Å². The number of carbonyl (C=O) groups is 1. The summed E-state index contributed by atoms with van der Waals surface area (Å²) < 4.78 is 26.5. The van der Waals surface area contributed by atoms with Gasteiger partial charge in [-0.1, -0.05) is 18.2 Å². The molecule has 1 atom stereocenters. The van der Waals surface area contributed by atoms with Crippen LogP contribution in [0.2, 0.25) is 0 Å². The van der Waals surface area contributed by atoms with Crippen LogP contribution >= 0.6 is 0 Å². The van der Waals surface area contributed by atoms with Crippen molar-refractivity contribution >= 4 is 5.91 Å². The van der Waals surface area contributed by atoms with E-state index in [2.05, 4.69) is 5.32 Å². The van der Waals surface area contributed by atoms with E-state index in [0.717, 1.165) is 12.1 Å². The molecule has 0 aliphatic heterocycles. The second-order valence-corrected chi connectivity index (χ2v) is 4.64. The molecule has 2 aromatic carbocycles. The van der Waals surface area contributed by atoms with E-state index in [1.54, 1.807) is 18.2 Å². The number of halogens is 2. The quantitative estimate of drug-likeness (QED) is 0.911. The number of rotatable bonds is 4. The summed E-state index contributed by atoms with van der Waals surface area (Å²) in [7, 11) is 0. The Labute approximate surface area is 125 Å². The van der Waals surface area contributed by atoms with Crippen LogP contribution in [-0.4, -0.2) is 11.0 Å². The van der Waals surface area contributed by atoms with Crippen LogP contribution < -0.4 is 5.32 Å². The Hall–Kier alpha value is -2.94. The van der Waals surface area contributed by atoms with Crippen molar-refractivity contribution in [3.05, 3.63) is 65.2 Å². The zero-order valence-corrected chi connectivity index (χ0v) is 11.4. The molecular formula is C16H12F2N2O2. The highest BCUT2D eigenvalue weighted by molar-refractivity contribution is 5.79. The molecule has 0 saturated heterocycles. The Morgan fingerprint density at radius 3 is 2.68 bits per heavy atom. The molecule has 0 unspecified atom stereocenters. The topological polar surface area (TPSA) is 73.1 Å². The number of nitriles is 1. The minimum atomic E-state index is -1.22. The van der Waals surface area contributed by atoms with Gasteiger partial charge in [-0.15, -0.1) is 0 Å². The normalized spacial score (nSPS) is 11.5. The van der Waals surface area contributed by atoms with Crippen LogP contribution in [-0.2, 0) is 11.2 Å². The van der Waals surface area contributed by atoms with Crippen molar-refractivity contribution in [1.82, 2.24) is 5.32 Å². The summed E-state index contributed by atoms with van der Waals surface area (Å²) in [5.41, 5.74) is 0.446. The molecule has 0 aliphatic rings. The van der Waals surface area contributed by atoms with E-state index >= 15 is 0 Å². The molecule has 0 bridgehead atoms. The summed E-state index contributed by atoms with van der Waals surface area (Å²) >= 11 is 0. The predicted octanol–water partition coefficient (Wildman–Crippen LogP) is 2.59. The largest absolute Gasteiger partial charge is 0.508 e. The Morgan fingerprint density at radius 1 is 1.27 bits per heavy atom. The summed E-state index contributed by atoms with van der Waals surface area (Å²) in [6.07, 6.45) is -0.0740. The van der Waals surface area contributed by atoms with Crippen LogP contribution in [0.1, 0.15) is 17.2 Å². The van der Waals surface area contributed by atoms with Crippen LogP contribution in [0.5, 0.6) is 5.75 Å². The average Bonchev–Trinajstić information content (AvgIpc) is 2.45. The van der Waals surface area contributed by atoms with Gasteiger partial charge in [0.05, 0.1) is 12.5 Å².